The van der Waals surface area contributed by atoms with Crippen molar-refractivity contribution in [1.82, 2.24) is 24.8 Å². The summed E-state index contributed by atoms with van der Waals surface area (Å²) in [6, 6.07) is 24.7. The number of benzene rings is 3. The molecule has 48 heavy (non-hydrogen) atoms. The van der Waals surface area contributed by atoms with E-state index in [0.29, 0.717) is 58.1 Å². The first-order valence-electron chi connectivity index (χ1n) is 15.7. The molecule has 7 rings (SSSR count). The fourth-order valence-electron chi connectivity index (χ4n) is 6.43. The number of hydrogen-bond donors (Lipinski definition) is 2. The first-order chi connectivity index (χ1) is 23.2. The van der Waals surface area contributed by atoms with Crippen LogP contribution in [0.1, 0.15) is 27.9 Å². The standard InChI is InChI=1S/C37H34F3N7O/c1-41-36(48)28-20-43-35(47(21-24-9-5-3-6-10-24)22-25-11-7-4-8-12-25)33-27(28)19-30(44-33)32-29(38)17-26(34-42-14-16-45(34)2)18-31(32)46-15-13-37(39,40)23-46/h3-12,14,16-20,44H,13,15,21-23H2,1-2H3,(H,41,48). The molecule has 6 aromatic rings. The van der Waals surface area contributed by atoms with E-state index in [2.05, 4.69) is 20.2 Å². The molecule has 3 aromatic heterocycles. The molecule has 244 valence electrons. The lowest BCUT2D eigenvalue weighted by atomic mass is 10.0. The molecule has 0 unspecified atom stereocenters. The van der Waals surface area contributed by atoms with Crippen molar-refractivity contribution in [3.63, 3.8) is 0 Å². The van der Waals surface area contributed by atoms with Gasteiger partial charge in [-0.15, -0.1) is 0 Å². The number of hydrogen-bond acceptors (Lipinski definition) is 5. The Kier molecular flexibility index (Phi) is 8.12. The van der Waals surface area contributed by atoms with Gasteiger partial charge in [0.05, 0.1) is 28.9 Å². The topological polar surface area (TPSA) is 82.1 Å². The molecule has 8 nitrogen and oxygen atoms in total. The van der Waals surface area contributed by atoms with Gasteiger partial charge in [0.15, 0.2) is 5.82 Å². The van der Waals surface area contributed by atoms with E-state index in [4.69, 9.17) is 4.98 Å². The number of pyridine rings is 1. The highest BCUT2D eigenvalue weighted by molar-refractivity contribution is 6.10. The molecule has 1 saturated heterocycles. The van der Waals surface area contributed by atoms with Crippen LogP contribution in [0.2, 0.25) is 0 Å². The number of halogens is 3. The summed E-state index contributed by atoms with van der Waals surface area (Å²) in [7, 11) is 3.33. The van der Waals surface area contributed by atoms with Crippen molar-refractivity contribution in [1.29, 1.82) is 0 Å². The molecule has 0 radical (unpaired) electrons. The number of H-pyrrole nitrogens is 1. The number of carbonyl (C=O) groups excluding carboxylic acids is 1. The van der Waals surface area contributed by atoms with Crippen molar-refractivity contribution in [2.45, 2.75) is 25.4 Å². The lowest BCUT2D eigenvalue weighted by molar-refractivity contribution is 0.0257. The molecule has 11 heteroatoms. The second-order valence-electron chi connectivity index (χ2n) is 12.1. The normalized spacial score (nSPS) is 14.1. The molecule has 4 heterocycles. The number of aryl methyl sites for hydroxylation is 1. The Labute approximate surface area is 275 Å². The summed E-state index contributed by atoms with van der Waals surface area (Å²) < 4.78 is 47.4. The Morgan fingerprint density at radius 3 is 2.27 bits per heavy atom. The number of amides is 1. The minimum atomic E-state index is -2.91. The fraction of sp³-hybridized carbons (Fsp3) is 0.216. The van der Waals surface area contributed by atoms with Crippen molar-refractivity contribution in [2.75, 3.05) is 29.9 Å². The van der Waals surface area contributed by atoms with Gasteiger partial charge in [-0.25, -0.2) is 23.1 Å². The van der Waals surface area contributed by atoms with Crippen LogP contribution in [-0.2, 0) is 20.1 Å². The molecule has 3 aromatic carbocycles. The van der Waals surface area contributed by atoms with Crippen LogP contribution in [0.25, 0.3) is 33.5 Å². The zero-order chi connectivity index (χ0) is 33.4. The Bertz CT molecular complexity index is 2050. The van der Waals surface area contributed by atoms with Crippen LogP contribution < -0.4 is 15.1 Å². The van der Waals surface area contributed by atoms with Crippen LogP contribution in [0.15, 0.2) is 97.5 Å². The third-order valence-corrected chi connectivity index (χ3v) is 8.78. The molecule has 1 aliphatic heterocycles. The highest BCUT2D eigenvalue weighted by atomic mass is 19.3. The van der Waals surface area contributed by atoms with Crippen LogP contribution in [0.5, 0.6) is 0 Å². The van der Waals surface area contributed by atoms with Crippen LogP contribution in [0, 0.1) is 5.82 Å². The van der Waals surface area contributed by atoms with Gasteiger partial charge < -0.3 is 24.7 Å². The summed E-state index contributed by atoms with van der Waals surface area (Å²) in [4.78, 5) is 29.3. The van der Waals surface area contributed by atoms with Gasteiger partial charge in [0.2, 0.25) is 0 Å². The number of carbonyl (C=O) groups is 1. The lowest BCUT2D eigenvalue weighted by Crippen LogP contribution is -2.25. The van der Waals surface area contributed by atoms with Crippen molar-refractivity contribution in [3.05, 3.63) is 120 Å². The van der Waals surface area contributed by atoms with Crippen molar-refractivity contribution in [2.24, 2.45) is 7.05 Å². The van der Waals surface area contributed by atoms with E-state index < -0.39 is 18.3 Å². The van der Waals surface area contributed by atoms with E-state index in [-0.39, 0.29) is 24.4 Å². The smallest absolute Gasteiger partial charge is 0.266 e. The number of anilines is 2. The van der Waals surface area contributed by atoms with Gasteiger partial charge >= 0.3 is 0 Å². The van der Waals surface area contributed by atoms with Gasteiger partial charge in [-0.2, -0.15) is 0 Å². The zero-order valence-electron chi connectivity index (χ0n) is 26.6. The summed E-state index contributed by atoms with van der Waals surface area (Å²) in [6.45, 7) is 0.530. The van der Waals surface area contributed by atoms with Gasteiger partial charge in [-0.3, -0.25) is 4.79 Å². The lowest BCUT2D eigenvalue weighted by Gasteiger charge is -2.25. The maximum Gasteiger partial charge on any atom is 0.266 e. The molecule has 0 spiro atoms. The second-order valence-corrected chi connectivity index (χ2v) is 12.1. The minimum Gasteiger partial charge on any atom is -0.365 e. The average Bonchev–Trinajstić information content (AvgIpc) is 3.82. The van der Waals surface area contributed by atoms with Gasteiger partial charge in [-0.05, 0) is 29.3 Å². The zero-order valence-corrected chi connectivity index (χ0v) is 26.6. The number of rotatable bonds is 9. The van der Waals surface area contributed by atoms with Crippen LogP contribution in [0.4, 0.5) is 24.7 Å². The molecule has 0 aliphatic carbocycles. The Morgan fingerprint density at radius 1 is 1.00 bits per heavy atom. The van der Waals surface area contributed by atoms with E-state index in [1.54, 1.807) is 36.1 Å². The maximum atomic E-state index is 16.5. The van der Waals surface area contributed by atoms with Crippen LogP contribution >= 0.6 is 0 Å². The predicted octanol–water partition coefficient (Wildman–Crippen LogP) is 7.18. The summed E-state index contributed by atoms with van der Waals surface area (Å²) in [5, 5.41) is 3.21. The van der Waals surface area contributed by atoms with E-state index in [0.717, 1.165) is 11.1 Å². The number of fused-ring (bicyclic) bond motifs is 1. The highest BCUT2D eigenvalue weighted by Gasteiger charge is 2.40. The number of alkyl halides is 2. The van der Waals surface area contributed by atoms with Gasteiger partial charge in [0.1, 0.15) is 11.6 Å². The molecular weight excluding hydrogens is 615 g/mol. The number of imidazole rings is 1. The van der Waals surface area contributed by atoms with E-state index in [1.165, 1.54) is 24.2 Å². The minimum absolute atomic E-state index is 0.0575. The van der Waals surface area contributed by atoms with Gasteiger partial charge in [0.25, 0.3) is 11.8 Å². The molecule has 0 bridgehead atoms. The van der Waals surface area contributed by atoms with Crippen molar-refractivity contribution in [3.8, 4) is 22.6 Å². The summed E-state index contributed by atoms with van der Waals surface area (Å²) in [6.07, 6.45) is 4.54. The maximum absolute atomic E-state index is 16.5. The summed E-state index contributed by atoms with van der Waals surface area (Å²) in [5.74, 6) is -2.79. The van der Waals surface area contributed by atoms with E-state index in [9.17, 15) is 13.6 Å². The molecule has 0 atom stereocenters. The molecular formula is C37H34F3N7O. The molecule has 0 saturated carbocycles. The number of aromatic nitrogens is 4. The van der Waals surface area contributed by atoms with Gasteiger partial charge in [0, 0.05) is 75.4 Å². The Balaban J connectivity index is 1.42. The quantitative estimate of drug-likeness (QED) is 0.174. The second kappa shape index (κ2) is 12.6. The number of nitrogens with zero attached hydrogens (tertiary/aromatic N) is 5. The number of aromatic amines is 1. The molecule has 2 N–H and O–H groups in total. The molecule has 1 fully saturated rings. The first kappa shape index (κ1) is 31.0. The SMILES string of the molecule is CNC(=O)c1cnc(N(Cc2ccccc2)Cc2ccccc2)c2[nH]c(-c3c(F)cc(-c4nccn4C)cc3N3CCC(F)(F)C3)cc12. The molecule has 1 amide bonds. The average molecular weight is 650 g/mol. The van der Waals surface area contributed by atoms with Crippen LogP contribution in [-0.4, -0.2) is 51.5 Å². The number of nitrogens with one attached hydrogen (secondary N) is 2. The largest absolute Gasteiger partial charge is 0.365 e. The Morgan fingerprint density at radius 2 is 1.69 bits per heavy atom. The predicted molar refractivity (Wildman–Crippen MR) is 182 cm³/mol. The van der Waals surface area contributed by atoms with Crippen molar-refractivity contribution >= 4 is 28.3 Å². The summed E-state index contributed by atoms with van der Waals surface area (Å²) in [5.41, 5.74) is 4.21. The monoisotopic (exact) mass is 649 g/mol. The summed E-state index contributed by atoms with van der Waals surface area (Å²) >= 11 is 0. The molecule has 1 aliphatic rings. The third-order valence-electron chi connectivity index (χ3n) is 8.78. The first-order valence-corrected chi connectivity index (χ1v) is 15.7. The van der Waals surface area contributed by atoms with Crippen molar-refractivity contribution < 1.29 is 18.0 Å². The van der Waals surface area contributed by atoms with Gasteiger partial charge in [-0.1, -0.05) is 60.7 Å². The van der Waals surface area contributed by atoms with E-state index >= 15 is 4.39 Å². The van der Waals surface area contributed by atoms with Crippen LogP contribution in [0.3, 0.4) is 0 Å². The fourth-order valence-corrected chi connectivity index (χ4v) is 6.43. The van der Waals surface area contributed by atoms with E-state index in [1.807, 2.05) is 60.7 Å². The third kappa shape index (κ3) is 5.99. The highest BCUT2D eigenvalue weighted by Crippen LogP contribution is 2.42. The Hall–Kier alpha value is -5.58.